The van der Waals surface area contributed by atoms with Crippen LogP contribution in [0, 0.1) is 15.9 Å². The van der Waals surface area contributed by atoms with Gasteiger partial charge in [-0.05, 0) is 54.6 Å². The Morgan fingerprint density at radius 3 is 2.29 bits per heavy atom. The lowest BCUT2D eigenvalue weighted by atomic mass is 10.2. The van der Waals surface area contributed by atoms with Crippen molar-refractivity contribution in [1.29, 1.82) is 0 Å². The van der Waals surface area contributed by atoms with Crippen LogP contribution >= 0.6 is 0 Å². The number of urea groups is 1. The molecular weight excluding hydrogens is 459 g/mol. The molecule has 0 saturated heterocycles. The number of benzene rings is 3. The number of nitro benzene ring substituents is 1. The largest absolute Gasteiger partial charge is 0.465 e. The van der Waals surface area contributed by atoms with Gasteiger partial charge in [-0.1, -0.05) is 0 Å². The van der Waals surface area contributed by atoms with Gasteiger partial charge in [-0.3, -0.25) is 15.4 Å². The second kappa shape index (κ2) is 9.79. The van der Waals surface area contributed by atoms with Gasteiger partial charge in [0.2, 0.25) is 5.95 Å². The first kappa shape index (κ1) is 23.0. The van der Waals surface area contributed by atoms with Crippen molar-refractivity contribution >= 4 is 51.7 Å². The van der Waals surface area contributed by atoms with Gasteiger partial charge >= 0.3 is 12.0 Å². The van der Waals surface area contributed by atoms with Crippen LogP contribution in [-0.2, 0) is 4.74 Å². The van der Waals surface area contributed by atoms with Crippen molar-refractivity contribution in [2.75, 3.05) is 23.1 Å². The fourth-order valence-electron chi connectivity index (χ4n) is 3.12. The molecule has 4 aromatic rings. The molecule has 12 heteroatoms. The van der Waals surface area contributed by atoms with E-state index in [0.29, 0.717) is 27.8 Å². The molecule has 0 aliphatic rings. The molecule has 0 bridgehead atoms. The van der Waals surface area contributed by atoms with Crippen LogP contribution in [0.5, 0.6) is 0 Å². The average Bonchev–Trinajstić information content (AvgIpc) is 2.85. The molecule has 11 nitrogen and oxygen atoms in total. The predicted octanol–water partition coefficient (Wildman–Crippen LogP) is 4.85. The Morgan fingerprint density at radius 1 is 0.943 bits per heavy atom. The minimum atomic E-state index is -0.675. The van der Waals surface area contributed by atoms with E-state index in [1.54, 1.807) is 12.1 Å². The van der Waals surface area contributed by atoms with E-state index in [-0.39, 0.29) is 17.5 Å². The Labute approximate surface area is 197 Å². The van der Waals surface area contributed by atoms with E-state index in [9.17, 15) is 24.1 Å². The Balaban J connectivity index is 1.65. The molecular formula is C23H17FN6O5. The normalized spacial score (nSPS) is 10.5. The highest BCUT2D eigenvalue weighted by molar-refractivity contribution is 6.00. The summed E-state index contributed by atoms with van der Waals surface area (Å²) in [6.07, 6.45) is 0. The maximum Gasteiger partial charge on any atom is 0.337 e. The molecule has 35 heavy (non-hydrogen) atoms. The third-order valence-electron chi connectivity index (χ3n) is 4.79. The van der Waals surface area contributed by atoms with Gasteiger partial charge in [0.25, 0.3) is 5.69 Å². The quantitative estimate of drug-likeness (QED) is 0.203. The fourth-order valence-corrected chi connectivity index (χ4v) is 3.12. The van der Waals surface area contributed by atoms with Crippen LogP contribution in [0.25, 0.3) is 10.9 Å². The van der Waals surface area contributed by atoms with Crippen molar-refractivity contribution < 1.29 is 23.6 Å². The first-order chi connectivity index (χ1) is 16.8. The second-order valence-electron chi connectivity index (χ2n) is 7.13. The van der Waals surface area contributed by atoms with E-state index in [4.69, 9.17) is 0 Å². The van der Waals surface area contributed by atoms with Crippen LogP contribution in [0.1, 0.15) is 10.4 Å². The summed E-state index contributed by atoms with van der Waals surface area (Å²) in [5, 5.41) is 19.6. The first-order valence-electron chi connectivity index (χ1n) is 10.1. The Hall–Kier alpha value is -5.13. The number of aromatic nitrogens is 2. The first-order valence-corrected chi connectivity index (χ1v) is 10.1. The highest BCUT2D eigenvalue weighted by atomic mass is 19.1. The summed E-state index contributed by atoms with van der Waals surface area (Å²) >= 11 is 0. The number of anilines is 4. The van der Waals surface area contributed by atoms with E-state index < -0.39 is 22.7 Å². The molecule has 0 saturated carbocycles. The lowest BCUT2D eigenvalue weighted by Gasteiger charge is -2.12. The highest BCUT2D eigenvalue weighted by Crippen LogP contribution is 2.29. The number of amides is 2. The van der Waals surface area contributed by atoms with Crippen molar-refractivity contribution in [2.24, 2.45) is 0 Å². The summed E-state index contributed by atoms with van der Waals surface area (Å²) in [6.45, 7) is 0. The molecule has 3 aromatic carbocycles. The molecule has 2 amide bonds. The van der Waals surface area contributed by atoms with Crippen LogP contribution in [-0.4, -0.2) is 34.0 Å². The lowest BCUT2D eigenvalue weighted by Crippen LogP contribution is -2.21. The number of non-ortho nitro benzene ring substituents is 1. The molecule has 0 aliphatic heterocycles. The van der Waals surface area contributed by atoms with Crippen LogP contribution < -0.4 is 16.0 Å². The molecule has 1 aromatic heterocycles. The number of nitro groups is 1. The number of ether oxygens (including phenoxy) is 1. The summed E-state index contributed by atoms with van der Waals surface area (Å²) in [5.41, 5.74) is 1.37. The number of fused-ring (bicyclic) bond motifs is 1. The number of hydrogen-bond donors (Lipinski definition) is 3. The van der Waals surface area contributed by atoms with Crippen molar-refractivity contribution in [3.8, 4) is 0 Å². The zero-order chi connectivity index (χ0) is 24.9. The molecule has 1 heterocycles. The SMILES string of the molecule is COC(=O)c1ccc(Nc2nc(NC(=O)Nc3ccc(F)cc3)nc3ccc([N+](=O)[O-])cc23)cc1. The molecule has 0 fully saturated rings. The van der Waals surface area contributed by atoms with Crippen LogP contribution in [0.3, 0.4) is 0 Å². The maximum atomic E-state index is 13.1. The van der Waals surface area contributed by atoms with Crippen LogP contribution in [0.2, 0.25) is 0 Å². The number of hydrogen-bond acceptors (Lipinski definition) is 8. The van der Waals surface area contributed by atoms with Gasteiger partial charge in [-0.25, -0.2) is 19.0 Å². The fraction of sp³-hybridized carbons (Fsp3) is 0.0435. The average molecular weight is 476 g/mol. The number of carbonyl (C=O) groups excluding carboxylic acids is 2. The van der Waals surface area contributed by atoms with Crippen molar-refractivity contribution in [1.82, 2.24) is 9.97 Å². The molecule has 0 atom stereocenters. The summed E-state index contributed by atoms with van der Waals surface area (Å²) in [7, 11) is 1.27. The number of rotatable bonds is 6. The number of nitrogens with zero attached hydrogens (tertiary/aromatic N) is 3. The van der Waals surface area contributed by atoms with Gasteiger partial charge in [0.05, 0.1) is 23.1 Å². The molecule has 176 valence electrons. The lowest BCUT2D eigenvalue weighted by molar-refractivity contribution is -0.384. The van der Waals surface area contributed by atoms with Crippen molar-refractivity contribution in [3.05, 3.63) is 88.2 Å². The number of carbonyl (C=O) groups is 2. The monoisotopic (exact) mass is 476 g/mol. The van der Waals surface area contributed by atoms with Gasteiger partial charge in [0, 0.05) is 28.9 Å². The van der Waals surface area contributed by atoms with Crippen LogP contribution in [0.4, 0.5) is 38.0 Å². The van der Waals surface area contributed by atoms with Gasteiger partial charge in [-0.15, -0.1) is 0 Å². The smallest absolute Gasteiger partial charge is 0.337 e. The topological polar surface area (TPSA) is 148 Å². The number of nitrogens with one attached hydrogen (secondary N) is 3. The summed E-state index contributed by atoms with van der Waals surface area (Å²) in [5.74, 6) is -0.849. The maximum absolute atomic E-state index is 13.1. The number of halogens is 1. The third kappa shape index (κ3) is 5.45. The van der Waals surface area contributed by atoms with E-state index in [1.807, 2.05) is 0 Å². The van der Waals surface area contributed by atoms with E-state index in [2.05, 4.69) is 30.7 Å². The van der Waals surface area contributed by atoms with E-state index in [0.717, 1.165) is 0 Å². The summed E-state index contributed by atoms with van der Waals surface area (Å²) in [6, 6.07) is 14.8. The van der Waals surface area contributed by atoms with E-state index >= 15 is 0 Å². The number of methoxy groups -OCH3 is 1. The summed E-state index contributed by atoms with van der Waals surface area (Å²) in [4.78, 5) is 43.3. The predicted molar refractivity (Wildman–Crippen MR) is 126 cm³/mol. The molecule has 4 rings (SSSR count). The van der Waals surface area contributed by atoms with E-state index in [1.165, 1.54) is 61.7 Å². The molecule has 0 unspecified atom stereocenters. The van der Waals surface area contributed by atoms with Gasteiger partial charge in [0.15, 0.2) is 0 Å². The highest BCUT2D eigenvalue weighted by Gasteiger charge is 2.15. The Bertz CT molecular complexity index is 1430. The molecule has 3 N–H and O–H groups in total. The van der Waals surface area contributed by atoms with Crippen LogP contribution in [0.15, 0.2) is 66.7 Å². The van der Waals surface area contributed by atoms with Crippen molar-refractivity contribution in [3.63, 3.8) is 0 Å². The molecule has 0 spiro atoms. The minimum Gasteiger partial charge on any atom is -0.465 e. The third-order valence-corrected chi connectivity index (χ3v) is 4.79. The standard InChI is InChI=1S/C23H17FN6O5/c1-35-21(31)13-2-6-15(7-3-13)25-20-18-12-17(30(33)34)10-11-19(18)27-22(28-20)29-23(32)26-16-8-4-14(24)5-9-16/h2-12H,1H3,(H3,25,26,27,28,29,32). The van der Waals surface area contributed by atoms with Gasteiger partial charge in [0.1, 0.15) is 11.6 Å². The zero-order valence-electron chi connectivity index (χ0n) is 18.1. The molecule has 0 aliphatic carbocycles. The Kier molecular flexibility index (Phi) is 6.44. The minimum absolute atomic E-state index is 0.0837. The number of esters is 1. The summed E-state index contributed by atoms with van der Waals surface area (Å²) < 4.78 is 17.8. The van der Waals surface area contributed by atoms with Gasteiger partial charge < -0.3 is 15.4 Å². The molecule has 0 radical (unpaired) electrons. The van der Waals surface area contributed by atoms with Crippen molar-refractivity contribution in [2.45, 2.75) is 0 Å². The Morgan fingerprint density at radius 2 is 1.63 bits per heavy atom. The van der Waals surface area contributed by atoms with Gasteiger partial charge in [-0.2, -0.15) is 4.98 Å². The zero-order valence-corrected chi connectivity index (χ0v) is 18.1. The second-order valence-corrected chi connectivity index (χ2v) is 7.13.